The van der Waals surface area contributed by atoms with E-state index in [-0.39, 0.29) is 76.2 Å². The van der Waals surface area contributed by atoms with E-state index in [1.165, 1.54) is 0 Å². The zero-order chi connectivity index (χ0) is 56.0. The molecule has 0 radical (unpaired) electrons. The third kappa shape index (κ3) is 6.04. The lowest BCUT2D eigenvalue weighted by Gasteiger charge is -2.38. The molecule has 0 saturated carbocycles. The molecular formula is C42H60N24O6S6. The first kappa shape index (κ1) is 51.2. The lowest BCUT2D eigenvalue weighted by atomic mass is 10.3. The number of likely N-dealkylation sites (N-methyl/N-ethyl adjacent to an activating group) is 12. The summed E-state index contributed by atoms with van der Waals surface area (Å²) in [5, 5.41) is 2.27. The summed E-state index contributed by atoms with van der Waals surface area (Å²) in [4.78, 5) is 128. The molecular weight excluding hydrogens is 1130 g/mol. The Balaban J connectivity index is 0.952. The van der Waals surface area contributed by atoms with E-state index in [2.05, 4.69) is 0 Å². The molecule has 0 spiro atoms. The van der Waals surface area contributed by atoms with Crippen molar-refractivity contribution in [1.29, 1.82) is 0 Å². The van der Waals surface area contributed by atoms with E-state index in [1.807, 2.05) is 58.8 Å². The maximum absolute atomic E-state index is 14.1. The maximum Gasteiger partial charge on any atom is 0.323 e. The predicted molar refractivity (Wildman–Crippen MR) is 298 cm³/mol. The molecule has 12 unspecified atom stereocenters. The van der Waals surface area contributed by atoms with Gasteiger partial charge in [-0.3, -0.25) is 0 Å². The maximum atomic E-state index is 14.1. The van der Waals surface area contributed by atoms with E-state index in [0.717, 1.165) is 0 Å². The fourth-order valence-electron chi connectivity index (χ4n) is 14.8. The molecule has 12 bridgehead atoms. The summed E-state index contributed by atoms with van der Waals surface area (Å²) in [5.41, 5.74) is 0. The smallest absolute Gasteiger partial charge is 0.307 e. The molecule has 0 aliphatic carbocycles. The number of carbonyl (C=O) groups excluding carboxylic acids is 6. The van der Waals surface area contributed by atoms with Crippen LogP contribution in [0.3, 0.4) is 0 Å². The Bertz CT molecular complexity index is 2240. The fraction of sp³-hybridized carbons (Fsp3) is 0.714. The van der Waals surface area contributed by atoms with Crippen molar-refractivity contribution >= 4 is 140 Å². The van der Waals surface area contributed by atoms with Crippen LogP contribution in [0, 0.1) is 0 Å². The van der Waals surface area contributed by atoms with Gasteiger partial charge in [-0.2, -0.15) is 0 Å². The second-order valence-electron chi connectivity index (χ2n) is 22.2. The highest BCUT2D eigenvalue weighted by Crippen LogP contribution is 2.45. The molecule has 12 atom stereocenters. The minimum absolute atomic E-state index is 0.0513. The van der Waals surface area contributed by atoms with Crippen molar-refractivity contribution in [3.05, 3.63) is 0 Å². The third-order valence-corrected chi connectivity index (χ3v) is 21.4. The molecule has 13 fully saturated rings. The number of hydrogen-bond donors (Lipinski definition) is 0. The highest BCUT2D eigenvalue weighted by atomic mass is 32.1. The highest BCUT2D eigenvalue weighted by Gasteiger charge is 2.66. The van der Waals surface area contributed by atoms with Gasteiger partial charge in [0.15, 0.2) is 30.7 Å². The van der Waals surface area contributed by atoms with Gasteiger partial charge in [-0.25, -0.2) is 28.8 Å². The second-order valence-corrected chi connectivity index (χ2v) is 24.4. The average molecular weight is 1190 g/mol. The first-order chi connectivity index (χ1) is 36.8. The summed E-state index contributed by atoms with van der Waals surface area (Å²) in [7, 11) is 20.7. The average Bonchev–Trinajstić information content (AvgIpc) is 4.37. The Hall–Kier alpha value is -6.24. The molecule has 0 N–H and O–H groups in total. The van der Waals surface area contributed by atoms with E-state index in [0.29, 0.717) is 30.7 Å². The van der Waals surface area contributed by atoms with Gasteiger partial charge >= 0.3 is 36.2 Å². The number of carbonyl (C=O) groups is 6. The van der Waals surface area contributed by atoms with Crippen LogP contribution in [-0.2, 0) is 0 Å². The molecule has 78 heavy (non-hydrogen) atoms. The van der Waals surface area contributed by atoms with Crippen LogP contribution in [0.15, 0.2) is 0 Å². The van der Waals surface area contributed by atoms with Gasteiger partial charge in [-0.15, -0.1) is 0 Å². The first-order valence-electron chi connectivity index (χ1n) is 25.2. The lowest BCUT2D eigenvalue weighted by Crippen LogP contribution is -2.56. The van der Waals surface area contributed by atoms with Crippen molar-refractivity contribution in [2.45, 2.75) is 74.0 Å². The molecule has 13 aliphatic rings. The standard InChI is InChI=1S/C42H60N24O6S6/c1-43-19-20(44(2)31(43)67)56-14-58-23-24(48(6)33(69)47(23)5)60(39(58)75)16-62-27-28(52(10)35(71)51(27)9)64(41(62)77)18-66-30-29(53(11)36(72)54(30)12)65(42(66)78)17-63-26-25(49(7)34(70)50(26)8)61(40(63)76)15-59-22-21(45(3)32(68)46(22)4)57(38(59)74)13-55(19)37(56)73/h19-30H,13-18H2,1-12H3. The van der Waals surface area contributed by atoms with Gasteiger partial charge in [0.25, 0.3) is 0 Å². The van der Waals surface area contributed by atoms with Crippen molar-refractivity contribution in [3.8, 4) is 0 Å². The van der Waals surface area contributed by atoms with Crippen molar-refractivity contribution in [2.24, 2.45) is 0 Å². The van der Waals surface area contributed by atoms with Crippen LogP contribution in [0.25, 0.3) is 0 Å². The molecule has 0 aromatic heterocycles. The van der Waals surface area contributed by atoms with Crippen LogP contribution < -0.4 is 0 Å². The van der Waals surface area contributed by atoms with E-state index in [9.17, 15) is 28.8 Å². The first-order valence-corrected chi connectivity index (χ1v) is 27.6. The summed E-state index contributed by atoms with van der Waals surface area (Å²) in [6, 6.07) is -1.49. The minimum Gasteiger partial charge on any atom is -0.307 e. The number of hydrogen-bond acceptors (Lipinski definition) is 12. The molecule has 13 saturated heterocycles. The van der Waals surface area contributed by atoms with Gasteiger partial charge in [0.2, 0.25) is 0 Å². The number of nitrogens with zero attached hydrogens (tertiary/aromatic N) is 24. The van der Waals surface area contributed by atoms with Crippen molar-refractivity contribution in [3.63, 3.8) is 0 Å². The summed E-state index contributed by atoms with van der Waals surface area (Å²) in [6.45, 7) is 0.308. The molecule has 36 heteroatoms. The summed E-state index contributed by atoms with van der Waals surface area (Å²) in [5.74, 6) is 0. The molecule has 0 aromatic carbocycles. The normalized spacial score (nSPS) is 35.8. The van der Waals surface area contributed by atoms with Gasteiger partial charge < -0.3 is 118 Å². The van der Waals surface area contributed by atoms with Crippen LogP contribution in [-0.4, -0.2) is 383 Å². The molecule has 13 rings (SSSR count). The number of fused-ring (bicyclic) bond motifs is 30. The Morgan fingerprint density at radius 3 is 0.359 bits per heavy atom. The minimum atomic E-state index is -0.638. The Morgan fingerprint density at radius 2 is 0.282 bits per heavy atom. The van der Waals surface area contributed by atoms with E-state index < -0.39 is 74.0 Å². The van der Waals surface area contributed by atoms with Crippen molar-refractivity contribution in [2.75, 3.05) is 125 Å². The van der Waals surface area contributed by atoms with Gasteiger partial charge in [0, 0.05) is 84.6 Å². The molecule has 0 aromatic rings. The van der Waals surface area contributed by atoms with Crippen LogP contribution >= 0.6 is 73.3 Å². The van der Waals surface area contributed by atoms with E-state index >= 15 is 0 Å². The van der Waals surface area contributed by atoms with Crippen LogP contribution in [0.4, 0.5) is 28.8 Å². The Labute approximate surface area is 482 Å². The zero-order valence-corrected chi connectivity index (χ0v) is 49.7. The largest absolute Gasteiger partial charge is 0.323 e. The van der Waals surface area contributed by atoms with E-state index in [1.54, 1.807) is 143 Å². The number of thiocarbonyl (C=S) groups is 6. The molecule has 13 heterocycles. The molecule has 420 valence electrons. The van der Waals surface area contributed by atoms with Crippen LogP contribution in [0.2, 0.25) is 0 Å². The van der Waals surface area contributed by atoms with Gasteiger partial charge in [0.1, 0.15) is 74.0 Å². The fourth-order valence-corrected chi connectivity index (χ4v) is 16.7. The van der Waals surface area contributed by atoms with Crippen molar-refractivity contribution < 1.29 is 28.8 Å². The quantitative estimate of drug-likeness (QED) is 0.225. The monoisotopic (exact) mass is 1190 g/mol. The lowest BCUT2D eigenvalue weighted by molar-refractivity contribution is 0.0596. The summed E-state index contributed by atoms with van der Waals surface area (Å²) >= 11 is 39.0. The predicted octanol–water partition coefficient (Wildman–Crippen LogP) is -2.94. The number of rotatable bonds is 0. The third-order valence-electron chi connectivity index (χ3n) is 18.6. The SMILES string of the molecule is CN1C(=O)N(C)C2C1N1CN3C(=S)N(CN4C(=S)N(CN5C(=S)N(CN6C(=S)N(CN7C(=S)N(CN2C1=S)C1C7N(C)C(=O)N1C)C1C6N(C)C(=O)N1C)C1C5N(C)C(=O)N1C)C1C4N(C)C(=O)N1C)C1C3N(C)C(=O)N1C. The number of amides is 12. The summed E-state index contributed by atoms with van der Waals surface area (Å²) in [6.07, 6.45) is -7.66. The van der Waals surface area contributed by atoms with Crippen LogP contribution in [0.1, 0.15) is 0 Å². The van der Waals surface area contributed by atoms with Gasteiger partial charge in [0.05, 0.1) is 40.0 Å². The Kier molecular flexibility index (Phi) is 10.9. The van der Waals surface area contributed by atoms with E-state index in [4.69, 9.17) is 73.3 Å². The molecule has 13 aliphatic heterocycles. The zero-order valence-electron chi connectivity index (χ0n) is 44.8. The number of urea groups is 6. The molecule has 12 amide bonds. The van der Waals surface area contributed by atoms with Gasteiger partial charge in [-0.05, 0) is 73.3 Å². The summed E-state index contributed by atoms with van der Waals surface area (Å²) < 4.78 is 0. The second kappa shape index (κ2) is 16.7. The molecule has 30 nitrogen and oxygen atoms in total. The Morgan fingerprint density at radius 1 is 0.205 bits per heavy atom. The van der Waals surface area contributed by atoms with Crippen molar-refractivity contribution in [1.82, 2.24) is 118 Å². The topological polar surface area (TPSA) is 180 Å². The van der Waals surface area contributed by atoms with Crippen LogP contribution in [0.5, 0.6) is 0 Å². The van der Waals surface area contributed by atoms with Gasteiger partial charge in [-0.1, -0.05) is 0 Å². The highest BCUT2D eigenvalue weighted by molar-refractivity contribution is 7.81.